The molecule has 0 spiro atoms. The monoisotopic (exact) mass is 264 g/mol. The van der Waals surface area contributed by atoms with Gasteiger partial charge in [0.25, 0.3) is 0 Å². The summed E-state index contributed by atoms with van der Waals surface area (Å²) in [6, 6.07) is 13.9. The van der Waals surface area contributed by atoms with Crippen LogP contribution in [0.4, 0.5) is 0 Å². The Morgan fingerprint density at radius 3 is 2.40 bits per heavy atom. The van der Waals surface area contributed by atoms with Gasteiger partial charge in [-0.1, -0.05) is 44.4 Å². The van der Waals surface area contributed by atoms with Crippen LogP contribution in [0.3, 0.4) is 0 Å². The Labute approximate surface area is 121 Å². The van der Waals surface area contributed by atoms with Crippen molar-refractivity contribution in [3.8, 4) is 17.3 Å². The van der Waals surface area contributed by atoms with E-state index in [9.17, 15) is 0 Å². The normalized spacial score (nSPS) is 10.2. The molecule has 0 aliphatic carbocycles. The predicted molar refractivity (Wildman–Crippen MR) is 82.2 cm³/mol. The summed E-state index contributed by atoms with van der Waals surface area (Å²) in [5.41, 5.74) is 4.01. The number of hydrogen-bond acceptors (Lipinski definition) is 2. The van der Waals surface area contributed by atoms with Gasteiger partial charge in [0.1, 0.15) is 0 Å². The average molecular weight is 264 g/mol. The van der Waals surface area contributed by atoms with Gasteiger partial charge in [-0.25, -0.2) is 0 Å². The van der Waals surface area contributed by atoms with Gasteiger partial charge in [0.05, 0.1) is 17.3 Å². The van der Waals surface area contributed by atoms with E-state index in [1.54, 1.807) is 0 Å². The second-order valence-corrected chi connectivity index (χ2v) is 5.05. The van der Waals surface area contributed by atoms with E-state index in [0.29, 0.717) is 5.56 Å². The molecule has 20 heavy (non-hydrogen) atoms. The fraction of sp³-hybridized carbons (Fsp3) is 0.333. The number of rotatable bonds is 6. The second-order valence-electron chi connectivity index (χ2n) is 5.05. The maximum absolute atomic E-state index is 8.79. The first-order chi connectivity index (χ1) is 9.83. The third-order valence-corrected chi connectivity index (χ3v) is 3.45. The van der Waals surface area contributed by atoms with E-state index < -0.39 is 0 Å². The van der Waals surface area contributed by atoms with Crippen LogP contribution in [0.1, 0.15) is 43.7 Å². The number of aromatic nitrogens is 1. The summed E-state index contributed by atoms with van der Waals surface area (Å²) >= 11 is 0. The van der Waals surface area contributed by atoms with Crippen LogP contribution in [0.5, 0.6) is 0 Å². The minimum absolute atomic E-state index is 0.682. The fourth-order valence-electron chi connectivity index (χ4n) is 2.21. The van der Waals surface area contributed by atoms with Gasteiger partial charge in [0.15, 0.2) is 0 Å². The van der Waals surface area contributed by atoms with Gasteiger partial charge in [-0.2, -0.15) is 5.26 Å². The van der Waals surface area contributed by atoms with Gasteiger partial charge in [-0.05, 0) is 36.6 Å². The molecule has 0 bridgehead atoms. The van der Waals surface area contributed by atoms with Crippen LogP contribution in [-0.2, 0) is 6.42 Å². The molecule has 2 nitrogen and oxygen atoms in total. The number of unbranched alkanes of at least 4 members (excludes halogenated alkanes) is 3. The van der Waals surface area contributed by atoms with Crippen molar-refractivity contribution < 1.29 is 0 Å². The Kier molecular flexibility index (Phi) is 5.32. The minimum Gasteiger partial charge on any atom is -0.256 e. The highest BCUT2D eigenvalue weighted by atomic mass is 14.7. The lowest BCUT2D eigenvalue weighted by atomic mass is 10.1. The first kappa shape index (κ1) is 14.3. The molecule has 1 aromatic heterocycles. The lowest BCUT2D eigenvalue weighted by molar-refractivity contribution is 0.666. The molecule has 2 rings (SSSR count). The van der Waals surface area contributed by atoms with E-state index in [-0.39, 0.29) is 0 Å². The molecular formula is C18H20N2. The van der Waals surface area contributed by atoms with Crippen molar-refractivity contribution in [1.82, 2.24) is 4.98 Å². The molecule has 0 fully saturated rings. The van der Waals surface area contributed by atoms with Crippen LogP contribution in [0.15, 0.2) is 42.6 Å². The summed E-state index contributed by atoms with van der Waals surface area (Å²) in [4.78, 5) is 4.52. The van der Waals surface area contributed by atoms with Gasteiger partial charge in [-0.3, -0.25) is 4.98 Å². The highest BCUT2D eigenvalue weighted by molar-refractivity contribution is 5.60. The number of pyridine rings is 1. The Bertz CT molecular complexity index is 562. The van der Waals surface area contributed by atoms with Gasteiger partial charge in [0, 0.05) is 11.8 Å². The smallest absolute Gasteiger partial charge is 0.0991 e. The van der Waals surface area contributed by atoms with Crippen molar-refractivity contribution in [2.45, 2.75) is 39.0 Å². The van der Waals surface area contributed by atoms with Crippen LogP contribution in [0, 0.1) is 11.3 Å². The van der Waals surface area contributed by atoms with Crippen molar-refractivity contribution >= 4 is 0 Å². The van der Waals surface area contributed by atoms with Gasteiger partial charge in [0.2, 0.25) is 0 Å². The number of nitriles is 1. The molecule has 102 valence electrons. The van der Waals surface area contributed by atoms with Crippen LogP contribution in [-0.4, -0.2) is 4.98 Å². The van der Waals surface area contributed by atoms with Crippen LogP contribution < -0.4 is 0 Å². The van der Waals surface area contributed by atoms with E-state index in [0.717, 1.165) is 17.7 Å². The molecule has 0 saturated carbocycles. The second kappa shape index (κ2) is 7.45. The van der Waals surface area contributed by atoms with E-state index in [1.807, 2.05) is 30.5 Å². The molecule has 0 unspecified atom stereocenters. The van der Waals surface area contributed by atoms with Crippen molar-refractivity contribution in [2.24, 2.45) is 0 Å². The molecule has 0 N–H and O–H groups in total. The first-order valence-electron chi connectivity index (χ1n) is 7.29. The summed E-state index contributed by atoms with van der Waals surface area (Å²) in [6.45, 7) is 2.23. The standard InChI is InChI=1S/C18H20N2/c1-2-3-4-5-6-16-9-12-18(20-14-16)17-10-7-15(13-19)8-11-17/h7-12,14H,2-6H2,1H3. The Balaban J connectivity index is 1.98. The number of nitrogens with zero attached hydrogens (tertiary/aromatic N) is 2. The highest BCUT2D eigenvalue weighted by Gasteiger charge is 2.00. The molecule has 0 radical (unpaired) electrons. The average Bonchev–Trinajstić information content (AvgIpc) is 2.52. The summed E-state index contributed by atoms with van der Waals surface area (Å²) < 4.78 is 0. The highest BCUT2D eigenvalue weighted by Crippen LogP contribution is 2.18. The summed E-state index contributed by atoms with van der Waals surface area (Å²) in [7, 11) is 0. The number of aryl methyl sites for hydroxylation is 1. The third-order valence-electron chi connectivity index (χ3n) is 3.45. The topological polar surface area (TPSA) is 36.7 Å². The molecule has 0 saturated heterocycles. The SMILES string of the molecule is CCCCCCc1ccc(-c2ccc(C#N)cc2)nc1. The molecule has 1 heterocycles. The lowest BCUT2D eigenvalue weighted by Crippen LogP contribution is -1.89. The summed E-state index contributed by atoms with van der Waals surface area (Å²) in [5, 5.41) is 8.79. The Hall–Kier alpha value is -2.14. The molecule has 2 aromatic rings. The zero-order valence-corrected chi connectivity index (χ0v) is 12.0. The largest absolute Gasteiger partial charge is 0.256 e. The number of hydrogen-bond donors (Lipinski definition) is 0. The number of benzene rings is 1. The van der Waals surface area contributed by atoms with E-state index in [2.05, 4.69) is 30.1 Å². The zero-order chi connectivity index (χ0) is 14.2. The lowest BCUT2D eigenvalue weighted by Gasteiger charge is -2.04. The fourth-order valence-corrected chi connectivity index (χ4v) is 2.21. The van der Waals surface area contributed by atoms with Crippen LogP contribution in [0.25, 0.3) is 11.3 Å². The molecule has 0 aliphatic rings. The molecule has 0 atom stereocenters. The third kappa shape index (κ3) is 3.93. The molecule has 0 aliphatic heterocycles. The van der Waals surface area contributed by atoms with Crippen LogP contribution >= 0.6 is 0 Å². The predicted octanol–water partition coefficient (Wildman–Crippen LogP) is 4.74. The summed E-state index contributed by atoms with van der Waals surface area (Å²) in [6.07, 6.45) is 8.21. The quantitative estimate of drug-likeness (QED) is 0.706. The van der Waals surface area contributed by atoms with Crippen molar-refractivity contribution in [3.05, 3.63) is 53.7 Å². The maximum Gasteiger partial charge on any atom is 0.0991 e. The zero-order valence-electron chi connectivity index (χ0n) is 12.0. The van der Waals surface area contributed by atoms with E-state index in [1.165, 1.54) is 31.2 Å². The van der Waals surface area contributed by atoms with Crippen molar-refractivity contribution in [2.75, 3.05) is 0 Å². The minimum atomic E-state index is 0.682. The van der Waals surface area contributed by atoms with E-state index in [4.69, 9.17) is 5.26 Å². The molecule has 1 aromatic carbocycles. The molecule has 2 heteroatoms. The summed E-state index contributed by atoms with van der Waals surface area (Å²) in [5.74, 6) is 0. The first-order valence-corrected chi connectivity index (χ1v) is 7.29. The Morgan fingerprint density at radius 1 is 1.00 bits per heavy atom. The van der Waals surface area contributed by atoms with Crippen molar-refractivity contribution in [1.29, 1.82) is 5.26 Å². The van der Waals surface area contributed by atoms with Crippen molar-refractivity contribution in [3.63, 3.8) is 0 Å². The van der Waals surface area contributed by atoms with Gasteiger partial charge >= 0.3 is 0 Å². The maximum atomic E-state index is 8.79. The Morgan fingerprint density at radius 2 is 1.80 bits per heavy atom. The van der Waals surface area contributed by atoms with Gasteiger partial charge in [-0.15, -0.1) is 0 Å². The molecular weight excluding hydrogens is 244 g/mol. The van der Waals surface area contributed by atoms with Gasteiger partial charge < -0.3 is 0 Å². The molecule has 0 amide bonds. The van der Waals surface area contributed by atoms with E-state index >= 15 is 0 Å². The van der Waals surface area contributed by atoms with Crippen LogP contribution in [0.2, 0.25) is 0 Å².